The van der Waals surface area contributed by atoms with Gasteiger partial charge in [0, 0.05) is 0 Å². The van der Waals surface area contributed by atoms with Gasteiger partial charge < -0.3 is 10.1 Å². The molecular weight excluding hydrogens is 326 g/mol. The molecule has 7 heteroatoms. The molecule has 0 bridgehead atoms. The molecule has 0 saturated heterocycles. The summed E-state index contributed by atoms with van der Waals surface area (Å²) in [6.45, 7) is 1.39. The summed E-state index contributed by atoms with van der Waals surface area (Å²) in [4.78, 5) is 11.8. The highest BCUT2D eigenvalue weighted by Crippen LogP contribution is 2.30. The first-order chi connectivity index (χ1) is 11.3. The summed E-state index contributed by atoms with van der Waals surface area (Å²) in [5.41, 5.74) is -0.0662. The molecule has 2 aromatic carbocycles. The number of benzene rings is 2. The number of alkyl halides is 3. The van der Waals surface area contributed by atoms with Crippen molar-refractivity contribution in [3.8, 4) is 5.75 Å². The van der Waals surface area contributed by atoms with Crippen molar-refractivity contribution >= 4 is 5.91 Å². The number of halogens is 4. The summed E-state index contributed by atoms with van der Waals surface area (Å²) in [6.07, 6.45) is -4.42. The van der Waals surface area contributed by atoms with Crippen LogP contribution >= 0.6 is 0 Å². The molecule has 0 aliphatic carbocycles. The van der Waals surface area contributed by atoms with Gasteiger partial charge in [-0.25, -0.2) is 4.39 Å². The van der Waals surface area contributed by atoms with E-state index in [9.17, 15) is 22.4 Å². The Morgan fingerprint density at radius 3 is 2.21 bits per heavy atom. The quantitative estimate of drug-likeness (QED) is 0.832. The topological polar surface area (TPSA) is 38.3 Å². The summed E-state index contributed by atoms with van der Waals surface area (Å²) >= 11 is 0. The van der Waals surface area contributed by atoms with E-state index in [1.165, 1.54) is 12.1 Å². The van der Waals surface area contributed by atoms with Gasteiger partial charge in [0.2, 0.25) is 0 Å². The lowest BCUT2D eigenvalue weighted by atomic mass is 10.1. The number of hydrogen-bond donors (Lipinski definition) is 1. The van der Waals surface area contributed by atoms with Gasteiger partial charge in [0.1, 0.15) is 11.6 Å². The van der Waals surface area contributed by atoms with Crippen LogP contribution in [0.3, 0.4) is 0 Å². The van der Waals surface area contributed by atoms with Gasteiger partial charge in [-0.05, 0) is 48.9 Å². The first kappa shape index (κ1) is 17.8. The van der Waals surface area contributed by atoms with E-state index in [1.807, 2.05) is 0 Å². The molecule has 0 radical (unpaired) electrons. The third kappa shape index (κ3) is 4.97. The Balaban J connectivity index is 1.85. The summed E-state index contributed by atoms with van der Waals surface area (Å²) < 4.78 is 55.3. The average molecular weight is 341 g/mol. The zero-order chi connectivity index (χ0) is 17.7. The molecule has 0 aliphatic heterocycles. The summed E-state index contributed by atoms with van der Waals surface area (Å²) in [5, 5.41) is 2.66. The smallest absolute Gasteiger partial charge is 0.416 e. The normalized spacial score (nSPS) is 12.5. The molecule has 0 aliphatic rings. The first-order valence-electron chi connectivity index (χ1n) is 7.10. The van der Waals surface area contributed by atoms with Crippen molar-refractivity contribution < 1.29 is 27.1 Å². The predicted molar refractivity (Wildman–Crippen MR) is 79.9 cm³/mol. The van der Waals surface area contributed by atoms with Gasteiger partial charge in [0.15, 0.2) is 6.61 Å². The van der Waals surface area contributed by atoms with Gasteiger partial charge in [-0.3, -0.25) is 4.79 Å². The van der Waals surface area contributed by atoms with Crippen molar-refractivity contribution in [3.63, 3.8) is 0 Å². The van der Waals surface area contributed by atoms with Crippen molar-refractivity contribution in [2.24, 2.45) is 0 Å². The number of carbonyl (C=O) groups is 1. The van der Waals surface area contributed by atoms with Crippen molar-refractivity contribution in [3.05, 3.63) is 65.5 Å². The SMILES string of the molecule is CC(NC(=O)COc1ccc(C(F)(F)F)cc1)c1ccc(F)cc1. The molecule has 1 N–H and O–H groups in total. The van der Waals surface area contributed by atoms with E-state index in [4.69, 9.17) is 4.74 Å². The zero-order valence-corrected chi connectivity index (χ0v) is 12.7. The molecule has 0 fully saturated rings. The number of hydrogen-bond acceptors (Lipinski definition) is 2. The number of rotatable bonds is 5. The van der Waals surface area contributed by atoms with Crippen molar-refractivity contribution in [2.45, 2.75) is 19.1 Å². The fourth-order valence-electron chi connectivity index (χ4n) is 2.01. The van der Waals surface area contributed by atoms with E-state index >= 15 is 0 Å². The minimum Gasteiger partial charge on any atom is -0.484 e. The Labute approximate surface area is 136 Å². The van der Waals surface area contributed by atoms with Gasteiger partial charge in [0.05, 0.1) is 11.6 Å². The van der Waals surface area contributed by atoms with E-state index in [1.54, 1.807) is 19.1 Å². The number of carbonyl (C=O) groups excluding carboxylic acids is 1. The lowest BCUT2D eigenvalue weighted by Crippen LogP contribution is -2.31. The lowest BCUT2D eigenvalue weighted by Gasteiger charge is -2.15. The Morgan fingerprint density at radius 2 is 1.67 bits per heavy atom. The fraction of sp³-hybridized carbons (Fsp3) is 0.235. The van der Waals surface area contributed by atoms with Crippen LogP contribution in [0, 0.1) is 5.82 Å². The molecule has 128 valence electrons. The Bertz CT molecular complexity index is 681. The number of nitrogens with one attached hydrogen (secondary N) is 1. The van der Waals surface area contributed by atoms with E-state index in [0.717, 1.165) is 29.8 Å². The van der Waals surface area contributed by atoms with E-state index < -0.39 is 17.6 Å². The van der Waals surface area contributed by atoms with Crippen LogP contribution < -0.4 is 10.1 Å². The van der Waals surface area contributed by atoms with E-state index in [0.29, 0.717) is 0 Å². The average Bonchev–Trinajstić information content (AvgIpc) is 2.53. The van der Waals surface area contributed by atoms with Gasteiger partial charge >= 0.3 is 6.18 Å². The van der Waals surface area contributed by atoms with Crippen molar-refractivity contribution in [1.29, 1.82) is 0 Å². The highest BCUT2D eigenvalue weighted by atomic mass is 19.4. The molecule has 0 aromatic heterocycles. The maximum atomic E-state index is 12.8. The molecular formula is C17H15F4NO2. The van der Waals surface area contributed by atoms with E-state index in [2.05, 4.69) is 5.32 Å². The zero-order valence-electron chi connectivity index (χ0n) is 12.7. The first-order valence-corrected chi connectivity index (χ1v) is 7.10. The second-order valence-corrected chi connectivity index (χ2v) is 5.15. The largest absolute Gasteiger partial charge is 0.484 e. The molecule has 0 spiro atoms. The minimum absolute atomic E-state index is 0.160. The summed E-state index contributed by atoms with van der Waals surface area (Å²) in [7, 11) is 0. The second kappa shape index (κ2) is 7.33. The monoisotopic (exact) mass is 341 g/mol. The molecule has 1 amide bonds. The molecule has 24 heavy (non-hydrogen) atoms. The molecule has 0 heterocycles. The molecule has 2 rings (SSSR count). The Morgan fingerprint density at radius 1 is 1.08 bits per heavy atom. The van der Waals surface area contributed by atoms with Crippen LogP contribution in [-0.2, 0) is 11.0 Å². The fourth-order valence-corrected chi connectivity index (χ4v) is 2.01. The molecule has 1 unspecified atom stereocenters. The van der Waals surface area contributed by atoms with Crippen LogP contribution in [0.25, 0.3) is 0 Å². The lowest BCUT2D eigenvalue weighted by molar-refractivity contribution is -0.137. The third-order valence-corrected chi connectivity index (χ3v) is 3.30. The highest BCUT2D eigenvalue weighted by molar-refractivity contribution is 5.78. The third-order valence-electron chi connectivity index (χ3n) is 3.30. The van der Waals surface area contributed by atoms with Crippen LogP contribution in [0.1, 0.15) is 24.1 Å². The standard InChI is InChI=1S/C17H15F4NO2/c1-11(12-2-6-14(18)7-3-12)22-16(23)10-24-15-8-4-13(5-9-15)17(19,20)21/h2-9,11H,10H2,1H3,(H,22,23). The predicted octanol–water partition coefficient (Wildman–Crippen LogP) is 4.10. The van der Waals surface area contributed by atoms with Crippen molar-refractivity contribution in [1.82, 2.24) is 5.32 Å². The maximum Gasteiger partial charge on any atom is 0.416 e. The van der Waals surface area contributed by atoms with Gasteiger partial charge in [-0.2, -0.15) is 13.2 Å². The molecule has 3 nitrogen and oxygen atoms in total. The highest BCUT2D eigenvalue weighted by Gasteiger charge is 2.30. The Hall–Kier alpha value is -2.57. The van der Waals surface area contributed by atoms with Crippen molar-refractivity contribution in [2.75, 3.05) is 6.61 Å². The van der Waals surface area contributed by atoms with Crippen LogP contribution in [0.4, 0.5) is 17.6 Å². The van der Waals surface area contributed by atoms with Crippen LogP contribution in [0.2, 0.25) is 0 Å². The molecule has 2 aromatic rings. The number of amides is 1. The molecule has 0 saturated carbocycles. The van der Waals surface area contributed by atoms with Gasteiger partial charge in [-0.15, -0.1) is 0 Å². The van der Waals surface area contributed by atoms with Crippen LogP contribution in [0.5, 0.6) is 5.75 Å². The second-order valence-electron chi connectivity index (χ2n) is 5.15. The maximum absolute atomic E-state index is 12.8. The van der Waals surface area contributed by atoms with Gasteiger partial charge in [-0.1, -0.05) is 12.1 Å². The molecule has 1 atom stereocenters. The van der Waals surface area contributed by atoms with Gasteiger partial charge in [0.25, 0.3) is 5.91 Å². The number of ether oxygens (including phenoxy) is 1. The van der Waals surface area contributed by atoms with E-state index in [-0.39, 0.29) is 24.2 Å². The van der Waals surface area contributed by atoms with Crippen LogP contribution in [-0.4, -0.2) is 12.5 Å². The van der Waals surface area contributed by atoms with Crippen LogP contribution in [0.15, 0.2) is 48.5 Å². The Kier molecular flexibility index (Phi) is 5.43. The summed E-state index contributed by atoms with van der Waals surface area (Å²) in [5.74, 6) is -0.651. The summed E-state index contributed by atoms with van der Waals surface area (Å²) in [6, 6.07) is 9.40. The minimum atomic E-state index is -4.42.